The molecule has 1 aromatic rings. The molecule has 184 valence electrons. The Labute approximate surface area is 193 Å². The fourth-order valence-electron chi connectivity index (χ4n) is 5.28. The van der Waals surface area contributed by atoms with Crippen molar-refractivity contribution < 1.29 is 28.2 Å². The first-order chi connectivity index (χ1) is 15.7. The Morgan fingerprint density at radius 2 is 1.91 bits per heavy atom. The van der Waals surface area contributed by atoms with Gasteiger partial charge in [0.15, 0.2) is 0 Å². The van der Waals surface area contributed by atoms with Crippen LogP contribution in [0.4, 0.5) is 18.9 Å². The van der Waals surface area contributed by atoms with Crippen molar-refractivity contribution in [1.29, 1.82) is 0 Å². The van der Waals surface area contributed by atoms with E-state index in [2.05, 4.69) is 4.90 Å². The monoisotopic (exact) mass is 469 g/mol. The van der Waals surface area contributed by atoms with E-state index in [4.69, 9.17) is 0 Å². The number of nitrogens with zero attached hydrogens (tertiary/aromatic N) is 3. The maximum absolute atomic E-state index is 13.1. The average molecular weight is 470 g/mol. The van der Waals surface area contributed by atoms with Gasteiger partial charge >= 0.3 is 6.18 Å². The number of hydrogen-bond donors (Lipinski definition) is 2. The Kier molecular flexibility index (Phi) is 7.21. The van der Waals surface area contributed by atoms with E-state index in [0.29, 0.717) is 38.3 Å². The molecule has 3 fully saturated rings. The summed E-state index contributed by atoms with van der Waals surface area (Å²) >= 11 is 0. The standard InChI is InChI=1S/C24H34F3N3O3/c25-24(26,27)18-3-1-4-19(15-18)29-11-6-22(33)30(14-13-29)20(17-31)5-2-10-28-12-9-23(7-8-23)21(32)16-28/h1,3-4,15,20-21,31-32H,2,5-14,16-17H2. The minimum atomic E-state index is -4.41. The van der Waals surface area contributed by atoms with Gasteiger partial charge in [0.05, 0.1) is 24.3 Å². The summed E-state index contributed by atoms with van der Waals surface area (Å²) in [6.45, 7) is 3.49. The Balaban J connectivity index is 1.30. The van der Waals surface area contributed by atoms with Gasteiger partial charge in [0.2, 0.25) is 5.91 Å². The second-order valence-corrected chi connectivity index (χ2v) is 9.78. The van der Waals surface area contributed by atoms with Crippen LogP contribution in [-0.4, -0.2) is 83.9 Å². The van der Waals surface area contributed by atoms with E-state index in [-0.39, 0.29) is 36.5 Å². The Bertz CT molecular complexity index is 831. The van der Waals surface area contributed by atoms with Gasteiger partial charge in [-0.05, 0) is 68.8 Å². The first kappa shape index (κ1) is 24.3. The van der Waals surface area contributed by atoms with Gasteiger partial charge in [0.25, 0.3) is 0 Å². The van der Waals surface area contributed by atoms with Crippen LogP contribution in [0.5, 0.6) is 0 Å². The van der Waals surface area contributed by atoms with E-state index in [1.54, 1.807) is 11.0 Å². The van der Waals surface area contributed by atoms with Crippen molar-refractivity contribution in [2.24, 2.45) is 5.41 Å². The van der Waals surface area contributed by atoms with Gasteiger partial charge in [-0.15, -0.1) is 0 Å². The number of β-amino-alcohol motifs (C(OH)–C–C–N with tert-alkyl or cyclic N) is 1. The maximum atomic E-state index is 13.1. The topological polar surface area (TPSA) is 67.2 Å². The van der Waals surface area contributed by atoms with Crippen molar-refractivity contribution in [2.75, 3.05) is 50.8 Å². The van der Waals surface area contributed by atoms with Crippen molar-refractivity contribution in [1.82, 2.24) is 9.80 Å². The highest BCUT2D eigenvalue weighted by atomic mass is 19.4. The van der Waals surface area contributed by atoms with E-state index in [9.17, 15) is 28.2 Å². The quantitative estimate of drug-likeness (QED) is 0.643. The highest BCUT2D eigenvalue weighted by Crippen LogP contribution is 2.53. The molecule has 1 aliphatic carbocycles. The summed E-state index contributed by atoms with van der Waals surface area (Å²) in [6, 6.07) is 4.90. The molecule has 4 rings (SSSR count). The average Bonchev–Trinajstić information content (AvgIpc) is 3.59. The largest absolute Gasteiger partial charge is 0.416 e. The molecular formula is C24H34F3N3O3. The zero-order chi connectivity index (χ0) is 23.6. The number of carbonyl (C=O) groups is 1. The van der Waals surface area contributed by atoms with Crippen molar-refractivity contribution >= 4 is 11.6 Å². The summed E-state index contributed by atoms with van der Waals surface area (Å²) in [4.78, 5) is 18.5. The van der Waals surface area contributed by atoms with Gasteiger partial charge in [0.1, 0.15) is 0 Å². The Morgan fingerprint density at radius 3 is 2.58 bits per heavy atom. The number of amides is 1. The summed E-state index contributed by atoms with van der Waals surface area (Å²) in [5, 5.41) is 20.3. The van der Waals surface area contributed by atoms with Crippen LogP contribution >= 0.6 is 0 Å². The number of benzene rings is 1. The number of aliphatic hydroxyl groups is 2. The zero-order valence-electron chi connectivity index (χ0n) is 18.9. The van der Waals surface area contributed by atoms with Gasteiger partial charge in [-0.1, -0.05) is 6.07 Å². The van der Waals surface area contributed by atoms with Crippen LogP contribution in [0.15, 0.2) is 24.3 Å². The van der Waals surface area contributed by atoms with E-state index in [1.165, 1.54) is 6.07 Å². The molecule has 2 aliphatic heterocycles. The summed E-state index contributed by atoms with van der Waals surface area (Å²) < 4.78 is 39.2. The van der Waals surface area contributed by atoms with Crippen LogP contribution < -0.4 is 4.90 Å². The minimum Gasteiger partial charge on any atom is -0.394 e. The molecule has 3 aliphatic rings. The van der Waals surface area contributed by atoms with Gasteiger partial charge in [-0.25, -0.2) is 0 Å². The molecule has 2 heterocycles. The number of alkyl halides is 3. The van der Waals surface area contributed by atoms with E-state index >= 15 is 0 Å². The molecule has 2 N–H and O–H groups in total. The van der Waals surface area contributed by atoms with E-state index < -0.39 is 11.7 Å². The summed E-state index contributed by atoms with van der Waals surface area (Å²) in [6.07, 6.45) is 0.298. The molecule has 33 heavy (non-hydrogen) atoms. The van der Waals surface area contributed by atoms with Crippen molar-refractivity contribution in [3.8, 4) is 0 Å². The number of carbonyl (C=O) groups excluding carboxylic acids is 1. The molecule has 1 saturated carbocycles. The lowest BCUT2D eigenvalue weighted by Gasteiger charge is -2.37. The van der Waals surface area contributed by atoms with Crippen LogP contribution in [0.2, 0.25) is 0 Å². The van der Waals surface area contributed by atoms with Crippen LogP contribution in [0.25, 0.3) is 0 Å². The minimum absolute atomic E-state index is 0.0763. The molecular weight excluding hydrogens is 435 g/mol. The molecule has 9 heteroatoms. The molecule has 2 saturated heterocycles. The summed E-state index contributed by atoms with van der Waals surface area (Å²) in [7, 11) is 0. The lowest BCUT2D eigenvalue weighted by atomic mass is 9.90. The number of aliphatic hydroxyl groups excluding tert-OH is 2. The number of anilines is 1. The molecule has 0 bridgehead atoms. The molecule has 1 aromatic carbocycles. The number of likely N-dealkylation sites (tertiary alicyclic amines) is 1. The van der Waals surface area contributed by atoms with Crippen LogP contribution in [0.3, 0.4) is 0 Å². The van der Waals surface area contributed by atoms with Crippen LogP contribution in [0.1, 0.15) is 44.1 Å². The second-order valence-electron chi connectivity index (χ2n) is 9.78. The lowest BCUT2D eigenvalue weighted by molar-refractivity contribution is -0.137. The Morgan fingerprint density at radius 1 is 1.12 bits per heavy atom. The predicted octanol–water partition coefficient (Wildman–Crippen LogP) is 2.73. The SMILES string of the molecule is O=C1CCN(c2cccc(C(F)(F)F)c2)CCN1C(CO)CCCN1CCC2(CC2)C(O)C1. The third kappa shape index (κ3) is 5.63. The van der Waals surface area contributed by atoms with Gasteiger partial charge in [-0.2, -0.15) is 13.2 Å². The molecule has 6 nitrogen and oxygen atoms in total. The predicted molar refractivity (Wildman–Crippen MR) is 119 cm³/mol. The Hall–Kier alpha value is -1.84. The highest BCUT2D eigenvalue weighted by molar-refractivity contribution is 5.78. The van der Waals surface area contributed by atoms with Crippen LogP contribution in [-0.2, 0) is 11.0 Å². The molecule has 1 amide bonds. The fourth-order valence-corrected chi connectivity index (χ4v) is 5.28. The van der Waals surface area contributed by atoms with Crippen LogP contribution in [0, 0.1) is 5.41 Å². The molecule has 2 unspecified atom stereocenters. The van der Waals surface area contributed by atoms with E-state index in [1.807, 2.05) is 4.90 Å². The van der Waals surface area contributed by atoms with Crippen molar-refractivity contribution in [3.05, 3.63) is 29.8 Å². The smallest absolute Gasteiger partial charge is 0.394 e. The summed E-state index contributed by atoms with van der Waals surface area (Å²) in [5.41, 5.74) is -0.0677. The summed E-state index contributed by atoms with van der Waals surface area (Å²) in [5.74, 6) is -0.0763. The second kappa shape index (κ2) is 9.80. The fraction of sp³-hybridized carbons (Fsp3) is 0.708. The molecule has 2 atom stereocenters. The number of rotatable bonds is 7. The van der Waals surface area contributed by atoms with Gasteiger partial charge < -0.3 is 24.9 Å². The van der Waals surface area contributed by atoms with Gasteiger partial charge in [0, 0.05) is 38.3 Å². The van der Waals surface area contributed by atoms with Crippen molar-refractivity contribution in [3.63, 3.8) is 0 Å². The highest BCUT2D eigenvalue weighted by Gasteiger charge is 2.51. The van der Waals surface area contributed by atoms with E-state index in [0.717, 1.165) is 50.9 Å². The lowest BCUT2D eigenvalue weighted by Crippen LogP contribution is -2.46. The molecule has 0 radical (unpaired) electrons. The first-order valence-electron chi connectivity index (χ1n) is 11.9. The maximum Gasteiger partial charge on any atom is 0.416 e. The first-order valence-corrected chi connectivity index (χ1v) is 11.9. The van der Waals surface area contributed by atoms with Gasteiger partial charge in [-0.3, -0.25) is 4.79 Å². The normalized spacial score (nSPS) is 24.8. The number of halogens is 3. The number of hydrogen-bond acceptors (Lipinski definition) is 5. The zero-order valence-corrected chi connectivity index (χ0v) is 18.9. The van der Waals surface area contributed by atoms with Crippen molar-refractivity contribution in [2.45, 2.75) is 56.8 Å². The third-order valence-corrected chi connectivity index (χ3v) is 7.68. The molecule has 0 aromatic heterocycles. The number of piperidine rings is 1. The third-order valence-electron chi connectivity index (χ3n) is 7.68. The molecule has 1 spiro atoms.